The van der Waals surface area contributed by atoms with E-state index in [4.69, 9.17) is 9.72 Å². The van der Waals surface area contributed by atoms with Crippen LogP contribution in [0.1, 0.15) is 21.6 Å². The van der Waals surface area contributed by atoms with E-state index in [1.54, 1.807) is 15.7 Å². The number of nitrogens with zero attached hydrogens (tertiary/aromatic N) is 4. The molecule has 162 valence electrons. The van der Waals surface area contributed by atoms with Gasteiger partial charge in [-0.1, -0.05) is 55.1 Å². The van der Waals surface area contributed by atoms with E-state index in [2.05, 4.69) is 11.7 Å². The highest BCUT2D eigenvalue weighted by molar-refractivity contribution is 6.07. The van der Waals surface area contributed by atoms with Crippen molar-refractivity contribution < 1.29 is 9.53 Å². The second-order valence-electron chi connectivity index (χ2n) is 7.73. The van der Waals surface area contributed by atoms with E-state index in [9.17, 15) is 4.79 Å². The molecular weight excluding hydrogens is 400 g/mol. The molecule has 4 aromatic rings. The summed E-state index contributed by atoms with van der Waals surface area (Å²) in [5.74, 6) is 0.703. The molecule has 6 nitrogen and oxygen atoms in total. The molecule has 0 unspecified atom stereocenters. The number of hydrogen-bond acceptors (Lipinski definition) is 4. The smallest absolute Gasteiger partial charge is 0.254 e. The first-order valence-corrected chi connectivity index (χ1v) is 10.5. The highest BCUT2D eigenvalue weighted by atomic mass is 16.5. The average molecular weight is 427 g/mol. The minimum absolute atomic E-state index is 0.0716. The average Bonchev–Trinajstić information content (AvgIpc) is 3.11. The van der Waals surface area contributed by atoms with Crippen LogP contribution in [0.15, 0.2) is 73.3 Å². The van der Waals surface area contributed by atoms with Crippen molar-refractivity contribution in [3.8, 4) is 17.0 Å². The number of hydrogen-bond donors (Lipinski definition) is 0. The number of aromatic nitrogens is 3. The van der Waals surface area contributed by atoms with Crippen LogP contribution in [0.3, 0.4) is 0 Å². The molecule has 0 atom stereocenters. The normalized spacial score (nSPS) is 10.8. The van der Waals surface area contributed by atoms with Crippen LogP contribution in [0.25, 0.3) is 22.3 Å². The lowest BCUT2D eigenvalue weighted by molar-refractivity contribution is 0.0787. The van der Waals surface area contributed by atoms with Crippen LogP contribution in [0.4, 0.5) is 0 Å². The quantitative estimate of drug-likeness (QED) is 0.399. The first kappa shape index (κ1) is 21.3. The summed E-state index contributed by atoms with van der Waals surface area (Å²) in [5, 5.41) is 5.30. The fraction of sp³-hybridized carbons (Fsp3) is 0.192. The monoisotopic (exact) mass is 426 g/mol. The van der Waals surface area contributed by atoms with Gasteiger partial charge in [0.15, 0.2) is 5.65 Å². The zero-order valence-electron chi connectivity index (χ0n) is 18.6. The molecule has 0 saturated carbocycles. The molecule has 0 spiro atoms. The van der Waals surface area contributed by atoms with Crippen LogP contribution < -0.4 is 4.74 Å². The third kappa shape index (κ3) is 4.25. The number of amides is 1. The third-order valence-electron chi connectivity index (χ3n) is 5.33. The Labute approximate surface area is 187 Å². The third-order valence-corrected chi connectivity index (χ3v) is 5.33. The number of carbonyl (C=O) groups excluding carboxylic acids is 1. The Morgan fingerprint density at radius 2 is 1.88 bits per heavy atom. The Morgan fingerprint density at radius 1 is 1.16 bits per heavy atom. The molecule has 32 heavy (non-hydrogen) atoms. The van der Waals surface area contributed by atoms with E-state index in [0.29, 0.717) is 24.4 Å². The summed E-state index contributed by atoms with van der Waals surface area (Å²) in [6.45, 7) is 6.50. The van der Waals surface area contributed by atoms with Gasteiger partial charge < -0.3 is 9.64 Å². The number of aryl methyl sites for hydroxylation is 2. The molecule has 0 saturated heterocycles. The molecule has 2 aromatic carbocycles. The summed E-state index contributed by atoms with van der Waals surface area (Å²) in [5.41, 5.74) is 4.82. The molecule has 2 aromatic heterocycles. The van der Waals surface area contributed by atoms with Gasteiger partial charge in [0.1, 0.15) is 12.4 Å². The summed E-state index contributed by atoms with van der Waals surface area (Å²) in [7, 11) is 3.66. The Morgan fingerprint density at radius 3 is 2.56 bits per heavy atom. The van der Waals surface area contributed by atoms with Crippen molar-refractivity contribution in [1.29, 1.82) is 0 Å². The second kappa shape index (κ2) is 9.06. The lowest BCUT2D eigenvalue weighted by Crippen LogP contribution is -2.26. The van der Waals surface area contributed by atoms with Gasteiger partial charge in [0.2, 0.25) is 0 Å². The maximum atomic E-state index is 13.5. The van der Waals surface area contributed by atoms with Gasteiger partial charge in [0.05, 0.1) is 22.3 Å². The van der Waals surface area contributed by atoms with Crippen LogP contribution in [0, 0.1) is 6.92 Å². The Kier molecular flexibility index (Phi) is 6.03. The van der Waals surface area contributed by atoms with Crippen molar-refractivity contribution in [2.75, 3.05) is 13.7 Å². The first-order chi connectivity index (χ1) is 15.5. The molecule has 0 aliphatic carbocycles. The lowest BCUT2D eigenvalue weighted by Gasteiger charge is -2.19. The molecule has 2 heterocycles. The fourth-order valence-electron chi connectivity index (χ4n) is 3.77. The predicted molar refractivity (Wildman–Crippen MR) is 127 cm³/mol. The number of ether oxygens (including phenoxy) is 1. The minimum atomic E-state index is -0.0716. The largest absolute Gasteiger partial charge is 0.490 e. The van der Waals surface area contributed by atoms with Crippen LogP contribution in [0.2, 0.25) is 0 Å². The van der Waals surface area contributed by atoms with Gasteiger partial charge in [-0.25, -0.2) is 4.98 Å². The molecule has 4 rings (SSSR count). The summed E-state index contributed by atoms with van der Waals surface area (Å²) < 4.78 is 7.27. The summed E-state index contributed by atoms with van der Waals surface area (Å²) in [6.07, 6.45) is 1.71. The highest BCUT2D eigenvalue weighted by Crippen LogP contribution is 2.28. The molecule has 0 aliphatic rings. The topological polar surface area (TPSA) is 60.2 Å². The van der Waals surface area contributed by atoms with Crippen LogP contribution >= 0.6 is 0 Å². The maximum Gasteiger partial charge on any atom is 0.254 e. The van der Waals surface area contributed by atoms with Gasteiger partial charge >= 0.3 is 0 Å². The van der Waals surface area contributed by atoms with E-state index in [0.717, 1.165) is 33.7 Å². The standard InChI is InChI=1S/C26H26N4O2/c1-5-15-32-21-13-11-19(12-14-21)17-29(3)26(31)22-16-23(20-9-7-6-8-10-20)27-25-24(22)18(2)28-30(25)4/h5-14,16H,1,15,17H2,2-4H3. The first-order valence-electron chi connectivity index (χ1n) is 10.5. The van der Waals surface area contributed by atoms with Crippen molar-refractivity contribution in [3.63, 3.8) is 0 Å². The summed E-state index contributed by atoms with van der Waals surface area (Å²) >= 11 is 0. The zero-order valence-corrected chi connectivity index (χ0v) is 18.6. The number of pyridine rings is 1. The Balaban J connectivity index is 1.67. The fourth-order valence-corrected chi connectivity index (χ4v) is 3.77. The van der Waals surface area contributed by atoms with Gasteiger partial charge in [-0.3, -0.25) is 9.48 Å². The molecule has 6 heteroatoms. The lowest BCUT2D eigenvalue weighted by atomic mass is 10.0. The van der Waals surface area contributed by atoms with E-state index in [1.807, 2.05) is 81.7 Å². The Hall–Kier alpha value is -3.93. The Bertz CT molecular complexity index is 1260. The number of carbonyl (C=O) groups is 1. The van der Waals surface area contributed by atoms with Gasteiger partial charge in [-0.05, 0) is 30.7 Å². The molecule has 0 N–H and O–H groups in total. The van der Waals surface area contributed by atoms with E-state index < -0.39 is 0 Å². The zero-order chi connectivity index (χ0) is 22.7. The predicted octanol–water partition coefficient (Wildman–Crippen LogP) is 4.78. The SMILES string of the molecule is C=CCOc1ccc(CN(C)C(=O)c2cc(-c3ccccc3)nc3c2c(C)nn3C)cc1. The molecule has 0 aliphatic heterocycles. The van der Waals surface area contributed by atoms with Gasteiger partial charge in [0, 0.05) is 26.2 Å². The van der Waals surface area contributed by atoms with Gasteiger partial charge in [0.25, 0.3) is 5.91 Å². The molecular formula is C26H26N4O2. The van der Waals surface area contributed by atoms with Gasteiger partial charge in [-0.2, -0.15) is 5.10 Å². The van der Waals surface area contributed by atoms with Crippen molar-refractivity contribution in [1.82, 2.24) is 19.7 Å². The van der Waals surface area contributed by atoms with E-state index in [1.165, 1.54) is 0 Å². The van der Waals surface area contributed by atoms with Crippen LogP contribution in [0.5, 0.6) is 5.75 Å². The minimum Gasteiger partial charge on any atom is -0.490 e. The molecule has 1 amide bonds. The number of fused-ring (bicyclic) bond motifs is 1. The van der Waals surface area contributed by atoms with Crippen molar-refractivity contribution in [3.05, 3.63) is 90.1 Å². The van der Waals surface area contributed by atoms with Crippen molar-refractivity contribution in [2.45, 2.75) is 13.5 Å². The number of benzene rings is 2. The molecule has 0 radical (unpaired) electrons. The summed E-state index contributed by atoms with van der Waals surface area (Å²) in [6, 6.07) is 19.5. The van der Waals surface area contributed by atoms with E-state index in [-0.39, 0.29) is 5.91 Å². The summed E-state index contributed by atoms with van der Waals surface area (Å²) in [4.78, 5) is 20.1. The van der Waals surface area contributed by atoms with Crippen LogP contribution in [-0.2, 0) is 13.6 Å². The van der Waals surface area contributed by atoms with Crippen molar-refractivity contribution >= 4 is 16.9 Å². The molecule has 0 fully saturated rings. The molecule has 0 bridgehead atoms. The second-order valence-corrected chi connectivity index (χ2v) is 7.73. The maximum absolute atomic E-state index is 13.5. The van der Waals surface area contributed by atoms with E-state index >= 15 is 0 Å². The van der Waals surface area contributed by atoms with Crippen molar-refractivity contribution in [2.24, 2.45) is 7.05 Å². The number of rotatable bonds is 7. The van der Waals surface area contributed by atoms with Crippen LogP contribution in [-0.4, -0.2) is 39.2 Å². The van der Waals surface area contributed by atoms with Gasteiger partial charge in [-0.15, -0.1) is 0 Å². The highest BCUT2D eigenvalue weighted by Gasteiger charge is 2.21.